The highest BCUT2D eigenvalue weighted by Gasteiger charge is 2.18. The van der Waals surface area contributed by atoms with E-state index >= 15 is 0 Å². The van der Waals surface area contributed by atoms with Gasteiger partial charge in [-0.25, -0.2) is 4.98 Å². The number of nitrogen functional groups attached to an aromatic ring is 1. The number of benzene rings is 1. The molecule has 0 atom stereocenters. The fourth-order valence-corrected chi connectivity index (χ4v) is 2.43. The number of carbonyl (C=O) groups excluding carboxylic acids is 1. The Kier molecular flexibility index (Phi) is 4.16. The molecule has 104 valence electrons. The molecule has 1 amide bonds. The van der Waals surface area contributed by atoms with Gasteiger partial charge in [0.25, 0.3) is 5.91 Å². The van der Waals surface area contributed by atoms with Crippen LogP contribution in [0.4, 0.5) is 5.82 Å². The lowest BCUT2D eigenvalue weighted by atomic mass is 9.97. The summed E-state index contributed by atoms with van der Waals surface area (Å²) in [5.41, 5.74) is 13.7. The monoisotopic (exact) mass is 309 g/mol. The van der Waals surface area contributed by atoms with E-state index in [1.807, 2.05) is 19.1 Å². The van der Waals surface area contributed by atoms with Crippen molar-refractivity contribution in [2.24, 2.45) is 5.73 Å². The zero-order valence-corrected chi connectivity index (χ0v) is 12.3. The van der Waals surface area contributed by atoms with E-state index in [2.05, 4.69) is 4.98 Å². The smallest absolute Gasteiger partial charge is 0.252 e. The first-order valence-electron chi connectivity index (χ1n) is 5.88. The normalized spacial score (nSPS) is 10.6. The third kappa shape index (κ3) is 2.71. The minimum Gasteiger partial charge on any atom is -0.383 e. The van der Waals surface area contributed by atoms with E-state index in [-0.39, 0.29) is 11.4 Å². The minimum absolute atomic E-state index is 0.0802. The molecular weight excluding hydrogens is 297 g/mol. The maximum Gasteiger partial charge on any atom is 0.252 e. The lowest BCUT2D eigenvalue weighted by Crippen LogP contribution is -2.18. The van der Waals surface area contributed by atoms with Gasteiger partial charge in [-0.15, -0.1) is 0 Å². The molecule has 1 aromatic heterocycles. The molecule has 2 rings (SSSR count). The third-order valence-corrected chi connectivity index (χ3v) is 3.89. The van der Waals surface area contributed by atoms with E-state index in [9.17, 15) is 4.79 Å². The van der Waals surface area contributed by atoms with Crippen molar-refractivity contribution < 1.29 is 4.79 Å². The molecule has 0 fully saturated rings. The molecule has 0 spiro atoms. The number of halogens is 2. The van der Waals surface area contributed by atoms with Crippen LogP contribution in [0.3, 0.4) is 0 Å². The number of hydrogen-bond donors (Lipinski definition) is 2. The van der Waals surface area contributed by atoms with Crippen LogP contribution >= 0.6 is 23.2 Å². The Morgan fingerprint density at radius 1 is 1.30 bits per heavy atom. The quantitative estimate of drug-likeness (QED) is 0.914. The molecule has 0 aliphatic rings. The van der Waals surface area contributed by atoms with Crippen molar-refractivity contribution in [2.75, 3.05) is 5.73 Å². The lowest BCUT2D eigenvalue weighted by Gasteiger charge is -2.13. The number of rotatable bonds is 3. The molecule has 0 aliphatic heterocycles. The second-order valence-electron chi connectivity index (χ2n) is 4.41. The van der Waals surface area contributed by atoms with Crippen molar-refractivity contribution in [1.29, 1.82) is 0 Å². The summed E-state index contributed by atoms with van der Waals surface area (Å²) in [6.07, 6.45) is 1.83. The van der Waals surface area contributed by atoms with E-state index in [1.54, 1.807) is 6.07 Å². The summed E-state index contributed by atoms with van der Waals surface area (Å²) in [6, 6.07) is 5.56. The molecule has 1 heterocycles. The molecule has 0 saturated heterocycles. The molecule has 0 unspecified atom stereocenters. The van der Waals surface area contributed by atoms with Crippen molar-refractivity contribution in [1.82, 2.24) is 4.98 Å². The summed E-state index contributed by atoms with van der Waals surface area (Å²) in [5, 5.41) is 1.01. The van der Waals surface area contributed by atoms with Gasteiger partial charge in [-0.3, -0.25) is 4.79 Å². The van der Waals surface area contributed by atoms with Crippen molar-refractivity contribution in [2.45, 2.75) is 13.3 Å². The summed E-state index contributed by atoms with van der Waals surface area (Å²) in [5.74, 6) is -0.566. The van der Waals surface area contributed by atoms with Crippen LogP contribution in [0.5, 0.6) is 0 Å². The van der Waals surface area contributed by atoms with Gasteiger partial charge in [0.2, 0.25) is 0 Å². The Hall–Kier alpha value is -1.78. The number of nitrogens with zero attached hydrogens (tertiary/aromatic N) is 1. The number of amides is 1. The van der Waals surface area contributed by atoms with Crippen molar-refractivity contribution in [3.05, 3.63) is 56.7 Å². The van der Waals surface area contributed by atoms with E-state index < -0.39 is 5.91 Å². The fourth-order valence-electron chi connectivity index (χ4n) is 2.02. The summed E-state index contributed by atoms with van der Waals surface area (Å²) in [4.78, 5) is 15.4. The predicted octanol–water partition coefficient (Wildman–Crippen LogP) is 2.97. The first kappa shape index (κ1) is 14.6. The molecule has 1 aromatic carbocycles. The van der Waals surface area contributed by atoms with Crippen LogP contribution < -0.4 is 11.5 Å². The van der Waals surface area contributed by atoms with Crippen LogP contribution in [0.1, 0.15) is 27.0 Å². The number of anilines is 1. The number of nitrogens with two attached hydrogens (primary N) is 2. The first-order valence-corrected chi connectivity index (χ1v) is 6.64. The molecule has 0 saturated carbocycles. The van der Waals surface area contributed by atoms with Crippen LogP contribution in [-0.2, 0) is 6.42 Å². The summed E-state index contributed by atoms with van der Waals surface area (Å²) in [7, 11) is 0. The molecule has 4 nitrogen and oxygen atoms in total. The van der Waals surface area contributed by atoms with Crippen LogP contribution in [0.15, 0.2) is 24.4 Å². The Morgan fingerprint density at radius 2 is 2.00 bits per heavy atom. The van der Waals surface area contributed by atoms with Crippen molar-refractivity contribution in [3.63, 3.8) is 0 Å². The minimum atomic E-state index is -0.646. The maximum atomic E-state index is 11.6. The summed E-state index contributed by atoms with van der Waals surface area (Å²) >= 11 is 12.2. The van der Waals surface area contributed by atoms with Gasteiger partial charge in [-0.2, -0.15) is 0 Å². The van der Waals surface area contributed by atoms with Gasteiger partial charge in [0.05, 0.1) is 10.6 Å². The third-order valence-electron chi connectivity index (χ3n) is 3.16. The van der Waals surface area contributed by atoms with Gasteiger partial charge in [-0.1, -0.05) is 35.3 Å². The molecule has 2 aromatic rings. The van der Waals surface area contributed by atoms with E-state index in [4.69, 9.17) is 34.7 Å². The molecule has 4 N–H and O–H groups in total. The molecule has 0 aliphatic carbocycles. The molecule has 0 bridgehead atoms. The Labute approximate surface area is 126 Å². The number of aromatic nitrogens is 1. The van der Waals surface area contributed by atoms with Gasteiger partial charge >= 0.3 is 0 Å². The average Bonchev–Trinajstić information content (AvgIpc) is 2.38. The zero-order chi connectivity index (χ0) is 14.9. The molecule has 20 heavy (non-hydrogen) atoms. The second kappa shape index (κ2) is 5.69. The Balaban J connectivity index is 2.56. The highest BCUT2D eigenvalue weighted by atomic mass is 35.5. The topological polar surface area (TPSA) is 82.0 Å². The predicted molar refractivity (Wildman–Crippen MR) is 81.2 cm³/mol. The van der Waals surface area contributed by atoms with Crippen LogP contribution in [0.2, 0.25) is 10.0 Å². The van der Waals surface area contributed by atoms with E-state index in [0.29, 0.717) is 22.0 Å². The SMILES string of the molecule is Cc1c(Cl)cccc1Cc1c(Cl)cnc(N)c1C(N)=O. The Bertz CT molecular complexity index is 686. The number of pyridine rings is 1. The highest BCUT2D eigenvalue weighted by molar-refractivity contribution is 6.32. The Morgan fingerprint density at radius 3 is 2.65 bits per heavy atom. The average molecular weight is 310 g/mol. The largest absolute Gasteiger partial charge is 0.383 e. The fraction of sp³-hybridized carbons (Fsp3) is 0.143. The molecule has 6 heteroatoms. The highest BCUT2D eigenvalue weighted by Crippen LogP contribution is 2.28. The number of hydrogen-bond acceptors (Lipinski definition) is 3. The van der Waals surface area contributed by atoms with Gasteiger partial charge in [0.15, 0.2) is 0 Å². The lowest BCUT2D eigenvalue weighted by molar-refractivity contribution is 0.1000. The van der Waals surface area contributed by atoms with Crippen LogP contribution in [0, 0.1) is 6.92 Å². The van der Waals surface area contributed by atoms with Gasteiger partial charge in [0.1, 0.15) is 5.82 Å². The zero-order valence-electron chi connectivity index (χ0n) is 10.8. The molecular formula is C14H13Cl2N3O. The van der Waals surface area contributed by atoms with Gasteiger partial charge < -0.3 is 11.5 Å². The standard InChI is InChI=1S/C14H13Cl2N3O/c1-7-8(3-2-4-10(7)15)5-9-11(16)6-19-13(17)12(9)14(18)20/h2-4,6H,5H2,1H3,(H2,17,19)(H2,18,20). The van der Waals surface area contributed by atoms with Crippen LogP contribution in [-0.4, -0.2) is 10.9 Å². The summed E-state index contributed by atoms with van der Waals surface area (Å²) in [6.45, 7) is 1.90. The van der Waals surface area contributed by atoms with Crippen molar-refractivity contribution >= 4 is 34.9 Å². The van der Waals surface area contributed by atoms with Gasteiger partial charge in [0, 0.05) is 17.6 Å². The van der Waals surface area contributed by atoms with Crippen LogP contribution in [0.25, 0.3) is 0 Å². The van der Waals surface area contributed by atoms with E-state index in [1.165, 1.54) is 6.20 Å². The first-order chi connectivity index (χ1) is 9.41. The van der Waals surface area contributed by atoms with Crippen molar-refractivity contribution in [3.8, 4) is 0 Å². The number of carbonyl (C=O) groups is 1. The number of primary amides is 1. The molecule has 0 radical (unpaired) electrons. The second-order valence-corrected chi connectivity index (χ2v) is 5.22. The maximum absolute atomic E-state index is 11.6. The van der Waals surface area contributed by atoms with E-state index in [0.717, 1.165) is 11.1 Å². The van der Waals surface area contributed by atoms with Gasteiger partial charge in [-0.05, 0) is 29.7 Å². The summed E-state index contributed by atoms with van der Waals surface area (Å²) < 4.78 is 0.